The third-order valence-corrected chi connectivity index (χ3v) is 12.7. The highest BCUT2D eigenvalue weighted by molar-refractivity contribution is 6.29. The third-order valence-electron chi connectivity index (χ3n) is 12.7. The smallest absolute Gasteiger partial charge is 0.136 e. The van der Waals surface area contributed by atoms with Crippen LogP contribution in [0.5, 0.6) is 0 Å². The molecule has 2 aromatic heterocycles. The molecule has 0 atom stereocenters. The predicted octanol–water partition coefficient (Wildman–Crippen LogP) is 16.8. The lowest BCUT2D eigenvalue weighted by Gasteiger charge is -2.19. The maximum absolute atomic E-state index is 6.74. The Morgan fingerprint density at radius 1 is 0.217 bits per heavy atom. The van der Waals surface area contributed by atoms with Gasteiger partial charge in [0, 0.05) is 21.5 Å². The first-order valence-electron chi connectivity index (χ1n) is 20.6. The lowest BCUT2D eigenvalue weighted by Crippen LogP contribution is -1.92. The molecule has 13 rings (SSSR count). The molecule has 0 unspecified atom stereocenters. The van der Waals surface area contributed by atoms with Crippen molar-refractivity contribution in [3.63, 3.8) is 0 Å². The van der Waals surface area contributed by atoms with E-state index in [0.717, 1.165) is 55.0 Å². The van der Waals surface area contributed by atoms with Gasteiger partial charge in [0.15, 0.2) is 0 Å². The Bertz CT molecular complexity index is 3770. The number of furan rings is 2. The SMILES string of the molecule is c1ccc(-c2c3ccccc3c(-c3ccc4oc5cccc(-c6c7ccccc7c(-c7cccc8oc9ccccc9c78)c7ccccc67)c5c4c3)c3ccccc23)cc1. The fraction of sp³-hybridized carbons (Fsp3) is 0. The topological polar surface area (TPSA) is 26.3 Å². The Balaban J connectivity index is 1.11. The molecule has 60 heavy (non-hydrogen) atoms. The summed E-state index contributed by atoms with van der Waals surface area (Å²) in [5.41, 5.74) is 13.2. The van der Waals surface area contributed by atoms with E-state index in [1.165, 1.54) is 76.5 Å². The summed E-state index contributed by atoms with van der Waals surface area (Å²) in [6, 6.07) is 74.4. The molecule has 0 aliphatic carbocycles. The molecule has 2 nitrogen and oxygen atoms in total. The van der Waals surface area contributed by atoms with Crippen LogP contribution < -0.4 is 0 Å². The number of rotatable bonds is 4. The van der Waals surface area contributed by atoms with E-state index in [1.807, 2.05) is 6.07 Å². The van der Waals surface area contributed by atoms with Crippen molar-refractivity contribution in [2.75, 3.05) is 0 Å². The average molecular weight is 763 g/mol. The molecule has 0 radical (unpaired) electrons. The quantitative estimate of drug-likeness (QED) is 0.167. The molecule has 0 spiro atoms. The summed E-state index contributed by atoms with van der Waals surface area (Å²) in [4.78, 5) is 0. The monoisotopic (exact) mass is 762 g/mol. The van der Waals surface area contributed by atoms with E-state index in [2.05, 4.69) is 200 Å². The molecular formula is C58H34O2. The van der Waals surface area contributed by atoms with Gasteiger partial charge < -0.3 is 8.83 Å². The Hall–Kier alpha value is -7.94. The fourth-order valence-corrected chi connectivity index (χ4v) is 10.2. The van der Waals surface area contributed by atoms with Crippen molar-refractivity contribution in [2.24, 2.45) is 0 Å². The second-order valence-electron chi connectivity index (χ2n) is 15.8. The summed E-state index contributed by atoms with van der Waals surface area (Å²) < 4.78 is 13.2. The van der Waals surface area contributed by atoms with Gasteiger partial charge in [0.05, 0.1) is 0 Å². The zero-order valence-corrected chi connectivity index (χ0v) is 32.4. The van der Waals surface area contributed by atoms with Crippen LogP contribution in [0.1, 0.15) is 0 Å². The summed E-state index contributed by atoms with van der Waals surface area (Å²) in [7, 11) is 0. The maximum atomic E-state index is 6.74. The molecule has 0 aliphatic heterocycles. The van der Waals surface area contributed by atoms with E-state index in [0.29, 0.717) is 0 Å². The van der Waals surface area contributed by atoms with Gasteiger partial charge in [-0.15, -0.1) is 0 Å². The summed E-state index contributed by atoms with van der Waals surface area (Å²) in [5, 5.41) is 14.2. The van der Waals surface area contributed by atoms with Gasteiger partial charge >= 0.3 is 0 Å². The minimum Gasteiger partial charge on any atom is -0.456 e. The predicted molar refractivity (Wildman–Crippen MR) is 253 cm³/mol. The first kappa shape index (κ1) is 33.1. The van der Waals surface area contributed by atoms with Crippen LogP contribution in [-0.2, 0) is 0 Å². The van der Waals surface area contributed by atoms with E-state index < -0.39 is 0 Å². The first-order chi connectivity index (χ1) is 29.8. The van der Waals surface area contributed by atoms with Gasteiger partial charge in [-0.3, -0.25) is 0 Å². The summed E-state index contributed by atoms with van der Waals surface area (Å²) >= 11 is 0. The molecule has 0 amide bonds. The van der Waals surface area contributed by atoms with E-state index in [9.17, 15) is 0 Å². The minimum absolute atomic E-state index is 0.875. The number of fused-ring (bicyclic) bond motifs is 10. The van der Waals surface area contributed by atoms with Gasteiger partial charge in [-0.25, -0.2) is 0 Å². The lowest BCUT2D eigenvalue weighted by molar-refractivity contribution is 0.668. The second-order valence-corrected chi connectivity index (χ2v) is 15.8. The molecule has 0 fully saturated rings. The van der Waals surface area contributed by atoms with E-state index in [4.69, 9.17) is 8.83 Å². The van der Waals surface area contributed by atoms with Gasteiger partial charge in [-0.2, -0.15) is 0 Å². The van der Waals surface area contributed by atoms with Crippen LogP contribution in [0.2, 0.25) is 0 Å². The molecule has 0 saturated heterocycles. The zero-order chi connectivity index (χ0) is 39.3. The Labute approximate surface area is 345 Å². The number of hydrogen-bond donors (Lipinski definition) is 0. The Kier molecular flexibility index (Phi) is 7.05. The van der Waals surface area contributed by atoms with Crippen molar-refractivity contribution in [3.8, 4) is 44.5 Å². The Morgan fingerprint density at radius 3 is 1.08 bits per heavy atom. The van der Waals surface area contributed by atoms with Gasteiger partial charge in [-0.1, -0.05) is 176 Å². The summed E-state index contributed by atoms with van der Waals surface area (Å²) in [5.74, 6) is 0. The van der Waals surface area contributed by atoms with Crippen LogP contribution in [0, 0.1) is 0 Å². The van der Waals surface area contributed by atoms with Crippen LogP contribution in [0.25, 0.3) is 131 Å². The third kappa shape index (κ3) is 4.70. The molecule has 2 heterocycles. The number of hydrogen-bond acceptors (Lipinski definition) is 2. The van der Waals surface area contributed by atoms with Crippen molar-refractivity contribution in [1.29, 1.82) is 0 Å². The maximum Gasteiger partial charge on any atom is 0.136 e. The van der Waals surface area contributed by atoms with Crippen molar-refractivity contribution < 1.29 is 8.83 Å². The Morgan fingerprint density at radius 2 is 0.583 bits per heavy atom. The van der Waals surface area contributed by atoms with Gasteiger partial charge in [0.2, 0.25) is 0 Å². The van der Waals surface area contributed by atoms with E-state index in [1.54, 1.807) is 0 Å². The largest absolute Gasteiger partial charge is 0.456 e. The lowest BCUT2D eigenvalue weighted by atomic mass is 9.83. The van der Waals surface area contributed by atoms with Crippen LogP contribution in [0.15, 0.2) is 215 Å². The molecule has 0 N–H and O–H groups in total. The minimum atomic E-state index is 0.875. The molecule has 2 heteroatoms. The molecule has 278 valence electrons. The normalized spacial score (nSPS) is 12.0. The fourth-order valence-electron chi connectivity index (χ4n) is 10.2. The molecular weight excluding hydrogens is 729 g/mol. The van der Waals surface area contributed by atoms with Gasteiger partial charge in [0.1, 0.15) is 22.3 Å². The standard InChI is InChI=1S/C58H34O2/c1-2-16-35(17-3-1)53-37-18-4-6-20-39(37)54(40-21-7-5-19-38(40)53)36-32-33-50-48(34-36)58-47(28-15-31-52(58)60-50)56-43-24-10-8-22-41(43)55(42-23-9-11-25-44(42)56)46-27-14-30-51-57(46)45-26-12-13-29-49(45)59-51/h1-34H. The highest BCUT2D eigenvalue weighted by Crippen LogP contribution is 2.50. The van der Waals surface area contributed by atoms with Crippen LogP contribution >= 0.6 is 0 Å². The highest BCUT2D eigenvalue weighted by Gasteiger charge is 2.23. The zero-order valence-electron chi connectivity index (χ0n) is 32.4. The number of benzene rings is 11. The van der Waals surface area contributed by atoms with E-state index in [-0.39, 0.29) is 0 Å². The summed E-state index contributed by atoms with van der Waals surface area (Å²) in [6.45, 7) is 0. The van der Waals surface area contributed by atoms with Crippen LogP contribution in [0.3, 0.4) is 0 Å². The average Bonchev–Trinajstić information content (AvgIpc) is 3.89. The molecule has 0 saturated carbocycles. The molecule has 13 aromatic rings. The van der Waals surface area contributed by atoms with Gasteiger partial charge in [0.25, 0.3) is 0 Å². The van der Waals surface area contributed by atoms with E-state index >= 15 is 0 Å². The van der Waals surface area contributed by atoms with Crippen molar-refractivity contribution in [3.05, 3.63) is 206 Å². The molecule has 0 aliphatic rings. The molecule has 11 aromatic carbocycles. The molecule has 0 bridgehead atoms. The van der Waals surface area contributed by atoms with Crippen molar-refractivity contribution >= 4 is 87.0 Å². The second kappa shape index (κ2) is 12.8. The number of para-hydroxylation sites is 1. The van der Waals surface area contributed by atoms with Crippen LogP contribution in [0.4, 0.5) is 0 Å². The van der Waals surface area contributed by atoms with Crippen molar-refractivity contribution in [1.82, 2.24) is 0 Å². The summed E-state index contributed by atoms with van der Waals surface area (Å²) in [6.07, 6.45) is 0. The van der Waals surface area contributed by atoms with Gasteiger partial charge in [-0.05, 0) is 118 Å². The highest BCUT2D eigenvalue weighted by atomic mass is 16.3. The van der Waals surface area contributed by atoms with Crippen molar-refractivity contribution in [2.45, 2.75) is 0 Å². The van der Waals surface area contributed by atoms with Crippen LogP contribution in [-0.4, -0.2) is 0 Å². The first-order valence-corrected chi connectivity index (χ1v) is 20.6.